The fourth-order valence-corrected chi connectivity index (χ4v) is 5.82. The van der Waals surface area contributed by atoms with Crippen LogP contribution in [0, 0.1) is 6.92 Å². The molecular formula is C27H28F3N5O5S. The lowest BCUT2D eigenvalue weighted by molar-refractivity contribution is -0.274. The van der Waals surface area contributed by atoms with Crippen LogP contribution < -0.4 is 20.3 Å². The highest BCUT2D eigenvalue weighted by molar-refractivity contribution is 7.21. The van der Waals surface area contributed by atoms with Gasteiger partial charge < -0.3 is 25.0 Å². The highest BCUT2D eigenvalue weighted by Crippen LogP contribution is 2.46. The number of amides is 4. The first kappa shape index (κ1) is 28.5. The summed E-state index contributed by atoms with van der Waals surface area (Å²) >= 11 is 1.08. The molecule has 2 aliphatic rings. The van der Waals surface area contributed by atoms with Gasteiger partial charge in [-0.1, -0.05) is 6.07 Å². The van der Waals surface area contributed by atoms with Gasteiger partial charge in [-0.3, -0.25) is 9.69 Å². The van der Waals surface area contributed by atoms with Gasteiger partial charge in [0.15, 0.2) is 0 Å². The van der Waals surface area contributed by atoms with Crippen LogP contribution in [-0.4, -0.2) is 59.0 Å². The lowest BCUT2D eigenvalue weighted by Gasteiger charge is -2.34. The maximum Gasteiger partial charge on any atom is 0.573 e. The maximum atomic E-state index is 13.4. The van der Waals surface area contributed by atoms with Crippen LogP contribution >= 0.6 is 11.3 Å². The Bertz CT molecular complexity index is 1530. The Morgan fingerprint density at radius 2 is 1.95 bits per heavy atom. The number of urea groups is 1. The molecule has 10 nitrogen and oxygen atoms in total. The lowest BCUT2D eigenvalue weighted by Crippen LogP contribution is -2.50. The average molecular weight is 592 g/mol. The molecule has 0 unspecified atom stereocenters. The summed E-state index contributed by atoms with van der Waals surface area (Å²) in [7, 11) is 0. The number of nitrogens with zero attached hydrogens (tertiary/aromatic N) is 3. The number of ether oxygens (including phenoxy) is 2. The molecule has 14 heteroatoms. The smallest absolute Gasteiger partial charge is 0.444 e. The predicted octanol–water partition coefficient (Wildman–Crippen LogP) is 6.32. The SMILES string of the molecule is Cc1ccc(N2C(=O)Nc3c(C(=O)N[C@@H]4CCCN(C(=O)OC(C)(C)C)C4)sc4nccc2c34)cc1OC(F)(F)F. The normalized spacial score (nSPS) is 17.3. The number of nitrogens with one attached hydrogen (secondary N) is 2. The average Bonchev–Trinajstić information content (AvgIpc) is 3.24. The van der Waals surface area contributed by atoms with Crippen molar-refractivity contribution >= 4 is 56.6 Å². The number of halogens is 3. The highest BCUT2D eigenvalue weighted by atomic mass is 32.1. The molecule has 2 aliphatic heterocycles. The van der Waals surface area contributed by atoms with Crippen LogP contribution in [0.15, 0.2) is 30.5 Å². The number of aryl methyl sites for hydroxylation is 1. The summed E-state index contributed by atoms with van der Waals surface area (Å²) in [5.74, 6) is -0.868. The van der Waals surface area contributed by atoms with Crippen molar-refractivity contribution in [1.29, 1.82) is 0 Å². The number of alkyl halides is 3. The Labute approximate surface area is 237 Å². The van der Waals surface area contributed by atoms with Crippen LogP contribution in [0.4, 0.5) is 39.8 Å². The Morgan fingerprint density at radius 1 is 1.20 bits per heavy atom. The summed E-state index contributed by atoms with van der Waals surface area (Å²) in [5.41, 5.74) is 0.374. The van der Waals surface area contributed by atoms with Crippen LogP contribution in [0.2, 0.25) is 0 Å². The van der Waals surface area contributed by atoms with E-state index in [-0.39, 0.29) is 34.4 Å². The molecule has 1 saturated heterocycles. The minimum atomic E-state index is -4.90. The summed E-state index contributed by atoms with van der Waals surface area (Å²) in [6.07, 6.45) is -2.55. The van der Waals surface area contributed by atoms with E-state index in [1.807, 2.05) is 0 Å². The minimum Gasteiger partial charge on any atom is -0.444 e. The number of rotatable bonds is 4. The first-order chi connectivity index (χ1) is 19.2. The molecule has 4 amide bonds. The van der Waals surface area contributed by atoms with Gasteiger partial charge in [-0.15, -0.1) is 24.5 Å². The third kappa shape index (κ3) is 6.01. The van der Waals surface area contributed by atoms with Crippen molar-refractivity contribution in [3.05, 3.63) is 40.9 Å². The summed E-state index contributed by atoms with van der Waals surface area (Å²) < 4.78 is 48.4. The second-order valence-corrected chi connectivity index (χ2v) is 11.8. The topological polar surface area (TPSA) is 113 Å². The van der Waals surface area contributed by atoms with Crippen molar-refractivity contribution in [2.24, 2.45) is 0 Å². The number of pyridine rings is 1. The molecule has 0 aliphatic carbocycles. The van der Waals surface area contributed by atoms with Crippen LogP contribution in [0.25, 0.3) is 10.2 Å². The van der Waals surface area contributed by atoms with Crippen molar-refractivity contribution in [3.63, 3.8) is 0 Å². The Hall–Kier alpha value is -4.07. The van der Waals surface area contributed by atoms with E-state index >= 15 is 0 Å². The van der Waals surface area contributed by atoms with Crippen molar-refractivity contribution in [3.8, 4) is 5.75 Å². The van der Waals surface area contributed by atoms with Crippen LogP contribution in [0.5, 0.6) is 5.75 Å². The number of carbonyl (C=O) groups excluding carboxylic acids is 3. The molecule has 1 fully saturated rings. The number of aromatic nitrogens is 1. The van der Waals surface area contributed by atoms with Gasteiger partial charge in [-0.25, -0.2) is 14.6 Å². The fourth-order valence-electron chi connectivity index (χ4n) is 4.80. The summed E-state index contributed by atoms with van der Waals surface area (Å²) in [5, 5.41) is 6.17. The zero-order valence-corrected chi connectivity index (χ0v) is 23.5. The van der Waals surface area contributed by atoms with E-state index in [4.69, 9.17) is 4.74 Å². The van der Waals surface area contributed by atoms with Gasteiger partial charge in [0.1, 0.15) is 21.1 Å². The molecule has 2 aromatic heterocycles. The Kier molecular flexibility index (Phi) is 7.22. The molecule has 0 spiro atoms. The van der Waals surface area contributed by atoms with E-state index in [1.54, 1.807) is 31.7 Å². The summed E-state index contributed by atoms with van der Waals surface area (Å²) in [4.78, 5) is 47.1. The lowest BCUT2D eigenvalue weighted by atomic mass is 10.1. The predicted molar refractivity (Wildman–Crippen MR) is 147 cm³/mol. The van der Waals surface area contributed by atoms with Crippen LogP contribution in [0.3, 0.4) is 0 Å². The zero-order chi connectivity index (χ0) is 29.7. The zero-order valence-electron chi connectivity index (χ0n) is 22.7. The molecule has 1 aromatic carbocycles. The van der Waals surface area contributed by atoms with Crippen LogP contribution in [-0.2, 0) is 4.74 Å². The molecule has 0 bridgehead atoms. The quantitative estimate of drug-likeness (QED) is 0.367. The van der Waals surface area contributed by atoms with Gasteiger partial charge in [0.25, 0.3) is 5.91 Å². The highest BCUT2D eigenvalue weighted by Gasteiger charge is 2.36. The molecule has 41 heavy (non-hydrogen) atoms. The van der Waals surface area contributed by atoms with Crippen molar-refractivity contribution < 1.29 is 37.0 Å². The minimum absolute atomic E-state index is 0.146. The second-order valence-electron chi connectivity index (χ2n) is 10.8. The van der Waals surface area contributed by atoms with Gasteiger partial charge in [-0.05, 0) is 58.2 Å². The third-order valence-corrected chi connectivity index (χ3v) is 7.61. The molecule has 0 radical (unpaired) electrons. The molecule has 0 saturated carbocycles. The molecular weight excluding hydrogens is 563 g/mol. The van der Waals surface area contributed by atoms with Crippen molar-refractivity contribution in [2.45, 2.75) is 58.5 Å². The largest absolute Gasteiger partial charge is 0.573 e. The Balaban J connectivity index is 1.42. The number of anilines is 3. The van der Waals surface area contributed by atoms with E-state index in [0.29, 0.717) is 35.3 Å². The van der Waals surface area contributed by atoms with Gasteiger partial charge >= 0.3 is 18.5 Å². The maximum absolute atomic E-state index is 13.4. The number of hydrogen-bond acceptors (Lipinski definition) is 7. The molecule has 4 heterocycles. The number of benzene rings is 1. The number of likely N-dealkylation sites (tertiary alicyclic amines) is 1. The van der Waals surface area contributed by atoms with E-state index in [2.05, 4.69) is 20.4 Å². The second kappa shape index (κ2) is 10.4. The molecule has 2 N–H and O–H groups in total. The summed E-state index contributed by atoms with van der Waals surface area (Å²) in [6.45, 7) is 7.61. The van der Waals surface area contributed by atoms with Crippen molar-refractivity contribution in [1.82, 2.24) is 15.2 Å². The summed E-state index contributed by atoms with van der Waals surface area (Å²) in [6, 6.07) is 4.64. The number of piperidine rings is 1. The standard InChI is InChI=1S/C27H28F3N5O5S/c1-14-7-8-16(12-18(14)39-27(28,29)30)35-17-9-10-31-23-19(17)20(33-24(35)37)21(41-23)22(36)32-15-6-5-11-34(13-15)25(38)40-26(2,3)4/h7-10,12,15H,5-6,11,13H2,1-4H3,(H,32,36)(H,33,37)/t15-/m1/s1. The van der Waals surface area contributed by atoms with Gasteiger partial charge in [0, 0.05) is 31.4 Å². The molecule has 1 atom stereocenters. The van der Waals surface area contributed by atoms with Crippen LogP contribution in [0.1, 0.15) is 48.8 Å². The number of hydrogen-bond donors (Lipinski definition) is 2. The Morgan fingerprint density at radius 3 is 2.66 bits per heavy atom. The number of thiophene rings is 1. The third-order valence-electron chi connectivity index (χ3n) is 6.52. The van der Waals surface area contributed by atoms with E-state index in [0.717, 1.165) is 17.4 Å². The monoisotopic (exact) mass is 591 g/mol. The molecule has 5 rings (SSSR count). The van der Waals surface area contributed by atoms with Crippen molar-refractivity contribution in [2.75, 3.05) is 23.3 Å². The van der Waals surface area contributed by atoms with Gasteiger partial charge in [0.2, 0.25) is 0 Å². The van der Waals surface area contributed by atoms with Gasteiger partial charge in [0.05, 0.1) is 22.4 Å². The van der Waals surface area contributed by atoms with E-state index < -0.39 is 35.7 Å². The first-order valence-corrected chi connectivity index (χ1v) is 13.7. The molecule has 3 aromatic rings. The number of carbonyl (C=O) groups is 3. The fraction of sp³-hybridized carbons (Fsp3) is 0.407. The van der Waals surface area contributed by atoms with E-state index in [9.17, 15) is 27.6 Å². The molecule has 218 valence electrons. The first-order valence-electron chi connectivity index (χ1n) is 12.9. The van der Waals surface area contributed by atoms with E-state index in [1.165, 1.54) is 30.2 Å². The van der Waals surface area contributed by atoms with Gasteiger partial charge in [-0.2, -0.15) is 0 Å².